The quantitative estimate of drug-likeness (QED) is 0.859. The first-order valence-corrected chi connectivity index (χ1v) is 8.00. The summed E-state index contributed by atoms with van der Waals surface area (Å²) in [6, 6.07) is 10.1. The fourth-order valence-corrected chi connectivity index (χ4v) is 2.59. The molecule has 0 aliphatic carbocycles. The maximum absolute atomic E-state index is 12.0. The minimum Gasteiger partial charge on any atom is -0.361 e. The third kappa shape index (κ3) is 4.58. The summed E-state index contributed by atoms with van der Waals surface area (Å²) < 4.78 is 5.12. The van der Waals surface area contributed by atoms with Crippen molar-refractivity contribution in [2.45, 2.75) is 46.1 Å². The van der Waals surface area contributed by atoms with Crippen LogP contribution in [0.25, 0.3) is 0 Å². The summed E-state index contributed by atoms with van der Waals surface area (Å²) in [5.74, 6) is 1.07. The summed E-state index contributed by atoms with van der Waals surface area (Å²) in [6.07, 6.45) is 0.719. The Morgan fingerprint density at radius 3 is 2.52 bits per heavy atom. The topological polar surface area (TPSA) is 67.2 Å². The molecule has 1 heterocycles. The number of hydrogen-bond acceptors (Lipinski definition) is 3. The van der Waals surface area contributed by atoms with E-state index < -0.39 is 0 Å². The molecule has 0 saturated carbocycles. The maximum atomic E-state index is 12.0. The van der Waals surface area contributed by atoms with Gasteiger partial charge in [0, 0.05) is 24.1 Å². The second kappa shape index (κ2) is 7.81. The average molecular weight is 315 g/mol. The van der Waals surface area contributed by atoms with E-state index >= 15 is 0 Å². The molecular formula is C18H25N3O2. The van der Waals surface area contributed by atoms with Crippen LogP contribution in [0.4, 0.5) is 4.79 Å². The molecule has 23 heavy (non-hydrogen) atoms. The van der Waals surface area contributed by atoms with Gasteiger partial charge in [-0.3, -0.25) is 0 Å². The minimum absolute atomic E-state index is 0.0523. The highest BCUT2D eigenvalue weighted by Gasteiger charge is 2.16. The van der Waals surface area contributed by atoms with E-state index in [2.05, 4.69) is 34.8 Å². The predicted molar refractivity (Wildman–Crippen MR) is 90.5 cm³/mol. The van der Waals surface area contributed by atoms with Crippen LogP contribution >= 0.6 is 0 Å². The Morgan fingerprint density at radius 1 is 1.22 bits per heavy atom. The number of aromatic nitrogens is 1. The third-order valence-corrected chi connectivity index (χ3v) is 4.28. The first-order chi connectivity index (χ1) is 11.0. The van der Waals surface area contributed by atoms with Crippen LogP contribution in [-0.2, 0) is 6.42 Å². The van der Waals surface area contributed by atoms with Crippen LogP contribution in [0.5, 0.6) is 0 Å². The lowest BCUT2D eigenvalue weighted by atomic mass is 9.95. The molecule has 0 unspecified atom stereocenters. The molecule has 0 fully saturated rings. The summed E-state index contributed by atoms with van der Waals surface area (Å²) in [6.45, 7) is 8.49. The van der Waals surface area contributed by atoms with Crippen molar-refractivity contribution in [2.75, 3.05) is 6.54 Å². The van der Waals surface area contributed by atoms with Crippen molar-refractivity contribution in [3.63, 3.8) is 0 Å². The van der Waals surface area contributed by atoms with Crippen molar-refractivity contribution in [2.24, 2.45) is 0 Å². The summed E-state index contributed by atoms with van der Waals surface area (Å²) in [5.41, 5.74) is 3.17. The van der Waals surface area contributed by atoms with Gasteiger partial charge in [0.15, 0.2) is 0 Å². The number of nitrogens with zero attached hydrogens (tertiary/aromatic N) is 1. The number of rotatable bonds is 6. The van der Waals surface area contributed by atoms with Crippen molar-refractivity contribution in [3.05, 3.63) is 52.9 Å². The van der Waals surface area contributed by atoms with Gasteiger partial charge in [0.25, 0.3) is 0 Å². The molecule has 2 rings (SSSR count). The van der Waals surface area contributed by atoms with E-state index in [1.165, 1.54) is 5.56 Å². The van der Waals surface area contributed by atoms with E-state index in [9.17, 15) is 4.79 Å². The van der Waals surface area contributed by atoms with Crippen molar-refractivity contribution >= 4 is 6.03 Å². The van der Waals surface area contributed by atoms with Crippen LogP contribution in [0, 0.1) is 13.8 Å². The third-order valence-electron chi connectivity index (χ3n) is 4.28. The molecule has 0 aliphatic rings. The average Bonchev–Trinajstić information content (AvgIpc) is 2.86. The molecule has 0 aliphatic heterocycles. The number of carbonyl (C=O) groups excluding carboxylic acids is 1. The van der Waals surface area contributed by atoms with Crippen LogP contribution < -0.4 is 10.6 Å². The lowest BCUT2D eigenvalue weighted by Crippen LogP contribution is -2.43. The Hall–Kier alpha value is -2.30. The van der Waals surface area contributed by atoms with E-state index in [4.69, 9.17) is 4.52 Å². The Bertz CT molecular complexity index is 617. The molecule has 1 aromatic heterocycles. The molecule has 0 spiro atoms. The normalized spacial score (nSPS) is 13.4. The highest BCUT2D eigenvalue weighted by atomic mass is 16.5. The van der Waals surface area contributed by atoms with Crippen molar-refractivity contribution in [1.29, 1.82) is 0 Å². The van der Waals surface area contributed by atoms with E-state index in [1.54, 1.807) is 0 Å². The molecule has 0 radical (unpaired) electrons. The van der Waals surface area contributed by atoms with Gasteiger partial charge in [-0.1, -0.05) is 42.4 Å². The first kappa shape index (κ1) is 17.1. The SMILES string of the molecule is Cc1noc(C)c1CCNC(=O)N[C@@H](C)[C@@H](C)c1ccccc1. The smallest absolute Gasteiger partial charge is 0.315 e. The van der Waals surface area contributed by atoms with Gasteiger partial charge in [-0.25, -0.2) is 4.79 Å². The van der Waals surface area contributed by atoms with Gasteiger partial charge in [-0.15, -0.1) is 0 Å². The number of nitrogens with one attached hydrogen (secondary N) is 2. The molecule has 5 heteroatoms. The number of aryl methyl sites for hydroxylation is 2. The molecule has 2 atom stereocenters. The zero-order valence-corrected chi connectivity index (χ0v) is 14.2. The number of benzene rings is 1. The van der Waals surface area contributed by atoms with Crippen LogP contribution in [0.15, 0.2) is 34.9 Å². The molecule has 0 saturated heterocycles. The van der Waals surface area contributed by atoms with Gasteiger partial charge in [0.1, 0.15) is 5.76 Å². The highest BCUT2D eigenvalue weighted by molar-refractivity contribution is 5.74. The lowest BCUT2D eigenvalue weighted by Gasteiger charge is -2.22. The second-order valence-electron chi connectivity index (χ2n) is 5.94. The molecule has 2 N–H and O–H groups in total. The molecule has 1 aromatic carbocycles. The van der Waals surface area contributed by atoms with Gasteiger partial charge in [0.05, 0.1) is 5.69 Å². The summed E-state index contributed by atoms with van der Waals surface area (Å²) in [7, 11) is 0. The summed E-state index contributed by atoms with van der Waals surface area (Å²) in [4.78, 5) is 12.0. The predicted octanol–water partition coefficient (Wildman–Crippen LogP) is 3.33. The van der Waals surface area contributed by atoms with E-state index in [-0.39, 0.29) is 18.0 Å². The Morgan fingerprint density at radius 2 is 1.91 bits per heavy atom. The van der Waals surface area contributed by atoms with Crippen LogP contribution in [0.2, 0.25) is 0 Å². The second-order valence-corrected chi connectivity index (χ2v) is 5.94. The number of urea groups is 1. The zero-order chi connectivity index (χ0) is 16.8. The number of hydrogen-bond donors (Lipinski definition) is 2. The van der Waals surface area contributed by atoms with Crippen LogP contribution in [-0.4, -0.2) is 23.8 Å². The molecular weight excluding hydrogens is 290 g/mol. The van der Waals surface area contributed by atoms with Gasteiger partial charge in [0.2, 0.25) is 0 Å². The van der Waals surface area contributed by atoms with Gasteiger partial charge < -0.3 is 15.2 Å². The molecule has 2 amide bonds. The highest BCUT2D eigenvalue weighted by Crippen LogP contribution is 2.18. The Labute approximate surface area is 137 Å². The summed E-state index contributed by atoms with van der Waals surface area (Å²) in [5, 5.41) is 9.81. The van der Waals surface area contributed by atoms with Gasteiger partial charge in [-0.2, -0.15) is 0 Å². The van der Waals surface area contributed by atoms with Crippen LogP contribution in [0.1, 0.15) is 42.3 Å². The number of carbonyl (C=O) groups is 1. The number of amides is 2. The Balaban J connectivity index is 1.78. The van der Waals surface area contributed by atoms with E-state index in [1.807, 2.05) is 39.0 Å². The maximum Gasteiger partial charge on any atom is 0.315 e. The van der Waals surface area contributed by atoms with Gasteiger partial charge >= 0.3 is 6.03 Å². The summed E-state index contributed by atoms with van der Waals surface area (Å²) >= 11 is 0. The molecule has 5 nitrogen and oxygen atoms in total. The fourth-order valence-electron chi connectivity index (χ4n) is 2.59. The van der Waals surface area contributed by atoms with E-state index in [0.717, 1.165) is 23.4 Å². The minimum atomic E-state index is -0.146. The molecule has 0 bridgehead atoms. The van der Waals surface area contributed by atoms with Crippen molar-refractivity contribution in [1.82, 2.24) is 15.8 Å². The molecule has 2 aromatic rings. The standard InChI is InChI=1S/C18H25N3O2/c1-12(16-8-6-5-7-9-16)13(2)20-18(22)19-11-10-17-14(3)21-23-15(17)4/h5-9,12-13H,10-11H2,1-4H3,(H2,19,20,22)/t12-,13+/m1/s1. The monoisotopic (exact) mass is 315 g/mol. The fraction of sp³-hybridized carbons (Fsp3) is 0.444. The first-order valence-electron chi connectivity index (χ1n) is 8.00. The lowest BCUT2D eigenvalue weighted by molar-refractivity contribution is 0.236. The zero-order valence-electron chi connectivity index (χ0n) is 14.2. The van der Waals surface area contributed by atoms with Crippen molar-refractivity contribution < 1.29 is 9.32 Å². The molecule has 124 valence electrons. The van der Waals surface area contributed by atoms with Crippen molar-refractivity contribution in [3.8, 4) is 0 Å². The van der Waals surface area contributed by atoms with E-state index in [0.29, 0.717) is 6.54 Å². The van der Waals surface area contributed by atoms with Crippen LogP contribution in [0.3, 0.4) is 0 Å². The van der Waals surface area contributed by atoms with Gasteiger partial charge in [-0.05, 0) is 32.8 Å². The largest absolute Gasteiger partial charge is 0.361 e. The Kier molecular flexibility index (Phi) is 5.79.